The zero-order valence-electron chi connectivity index (χ0n) is 21.7. The van der Waals surface area contributed by atoms with Crippen molar-refractivity contribution >= 4 is 40.6 Å². The Bertz CT molecular complexity index is 1440. The van der Waals surface area contributed by atoms with Gasteiger partial charge in [0, 0.05) is 47.5 Å². The summed E-state index contributed by atoms with van der Waals surface area (Å²) in [5.74, 6) is -1.28. The standard InChI is InChI=1S/C27H28N6O6S/c1-2-39-24(34)14-23-30-20-11-12-32(15-22(20)40-23)27(36)21(13-16-3-9-19(10-4-16)33(37)38)31-26(35)18-7-5-17(6-8-18)25(28)29/h3-10,21H,2,11-15H2,1H3,(H3,28,29)(H,31,35)/t21-/m0/s1. The number of nitrogens with one attached hydrogen (secondary N) is 2. The number of aromatic nitrogens is 1. The number of nitrogen functional groups attached to an aromatic ring is 1. The zero-order valence-corrected chi connectivity index (χ0v) is 22.5. The first-order valence-electron chi connectivity index (χ1n) is 12.5. The van der Waals surface area contributed by atoms with Crippen LogP contribution in [-0.2, 0) is 40.1 Å². The first-order valence-corrected chi connectivity index (χ1v) is 13.4. The average molecular weight is 565 g/mol. The maximum atomic E-state index is 13.7. The third-order valence-corrected chi connectivity index (χ3v) is 7.42. The van der Waals surface area contributed by atoms with Gasteiger partial charge in [-0.25, -0.2) is 4.98 Å². The van der Waals surface area contributed by atoms with Crippen LogP contribution in [0.4, 0.5) is 5.69 Å². The molecule has 0 bridgehead atoms. The Labute approximate surface area is 233 Å². The number of fused-ring (bicyclic) bond motifs is 1. The van der Waals surface area contributed by atoms with Crippen molar-refractivity contribution in [3.05, 3.63) is 90.9 Å². The van der Waals surface area contributed by atoms with Crippen molar-refractivity contribution in [3.8, 4) is 0 Å². The van der Waals surface area contributed by atoms with Gasteiger partial charge in [0.2, 0.25) is 5.91 Å². The highest BCUT2D eigenvalue weighted by molar-refractivity contribution is 7.11. The van der Waals surface area contributed by atoms with Crippen molar-refractivity contribution in [2.45, 2.75) is 38.8 Å². The Morgan fingerprint density at radius 2 is 1.85 bits per heavy atom. The first-order chi connectivity index (χ1) is 19.1. The Balaban J connectivity index is 1.53. The molecule has 3 aromatic rings. The van der Waals surface area contributed by atoms with E-state index in [2.05, 4.69) is 10.3 Å². The lowest BCUT2D eigenvalue weighted by Gasteiger charge is -2.30. The molecule has 1 aliphatic heterocycles. The molecule has 0 radical (unpaired) electrons. The van der Waals surface area contributed by atoms with E-state index in [1.54, 1.807) is 36.1 Å². The summed E-state index contributed by atoms with van der Waals surface area (Å²) in [7, 11) is 0. The van der Waals surface area contributed by atoms with Gasteiger partial charge in [0.1, 0.15) is 16.9 Å². The lowest BCUT2D eigenvalue weighted by molar-refractivity contribution is -0.384. The molecule has 2 aromatic carbocycles. The highest BCUT2D eigenvalue weighted by Crippen LogP contribution is 2.26. The van der Waals surface area contributed by atoms with E-state index in [1.807, 2.05) is 0 Å². The van der Waals surface area contributed by atoms with Gasteiger partial charge in [-0.1, -0.05) is 24.3 Å². The van der Waals surface area contributed by atoms with Crippen LogP contribution in [0.1, 0.15) is 44.0 Å². The van der Waals surface area contributed by atoms with Crippen LogP contribution in [-0.4, -0.2) is 57.6 Å². The number of amidine groups is 1. The molecule has 0 aliphatic carbocycles. The topological polar surface area (TPSA) is 182 Å². The number of thiazole rings is 1. The van der Waals surface area contributed by atoms with Gasteiger partial charge in [0.15, 0.2) is 0 Å². The minimum absolute atomic E-state index is 0.0701. The summed E-state index contributed by atoms with van der Waals surface area (Å²) in [5, 5.41) is 22.0. The van der Waals surface area contributed by atoms with Crippen LogP contribution in [0.3, 0.4) is 0 Å². The van der Waals surface area contributed by atoms with Gasteiger partial charge in [-0.05, 0) is 24.6 Å². The minimum atomic E-state index is -0.949. The van der Waals surface area contributed by atoms with E-state index in [-0.39, 0.29) is 49.4 Å². The van der Waals surface area contributed by atoms with Crippen LogP contribution in [0.25, 0.3) is 0 Å². The second kappa shape index (κ2) is 12.5. The van der Waals surface area contributed by atoms with Gasteiger partial charge in [-0.3, -0.25) is 29.9 Å². The van der Waals surface area contributed by atoms with Crippen molar-refractivity contribution in [2.75, 3.05) is 13.2 Å². The molecule has 2 amide bonds. The molecule has 208 valence electrons. The monoisotopic (exact) mass is 564 g/mol. The van der Waals surface area contributed by atoms with E-state index in [0.717, 1.165) is 10.6 Å². The maximum absolute atomic E-state index is 13.7. The Morgan fingerprint density at radius 3 is 2.48 bits per heavy atom. The average Bonchev–Trinajstić information content (AvgIpc) is 3.34. The molecule has 0 unspecified atom stereocenters. The first kappa shape index (κ1) is 28.4. The highest BCUT2D eigenvalue weighted by atomic mass is 32.1. The molecular weight excluding hydrogens is 536 g/mol. The molecule has 1 atom stereocenters. The molecule has 13 heteroatoms. The van der Waals surface area contributed by atoms with E-state index in [1.165, 1.54) is 35.6 Å². The molecule has 0 saturated carbocycles. The predicted molar refractivity (Wildman–Crippen MR) is 147 cm³/mol. The number of carbonyl (C=O) groups is 3. The fraction of sp³-hybridized carbons (Fsp3) is 0.296. The minimum Gasteiger partial charge on any atom is -0.466 e. The van der Waals surface area contributed by atoms with Crippen LogP contribution < -0.4 is 11.1 Å². The lowest BCUT2D eigenvalue weighted by atomic mass is 10.0. The fourth-order valence-electron chi connectivity index (χ4n) is 4.30. The fourth-order valence-corrected chi connectivity index (χ4v) is 5.42. The van der Waals surface area contributed by atoms with Crippen molar-refractivity contribution in [1.82, 2.24) is 15.2 Å². The van der Waals surface area contributed by atoms with Gasteiger partial charge in [0.05, 0.1) is 30.2 Å². The molecule has 4 N–H and O–H groups in total. The van der Waals surface area contributed by atoms with Gasteiger partial charge in [-0.2, -0.15) is 0 Å². The molecule has 1 aromatic heterocycles. The number of hydrogen-bond donors (Lipinski definition) is 3. The third kappa shape index (κ3) is 6.86. The van der Waals surface area contributed by atoms with Crippen molar-refractivity contribution in [1.29, 1.82) is 5.41 Å². The number of esters is 1. The van der Waals surface area contributed by atoms with E-state index in [4.69, 9.17) is 15.9 Å². The van der Waals surface area contributed by atoms with Gasteiger partial charge in [0.25, 0.3) is 11.6 Å². The number of nitro groups is 1. The number of non-ortho nitro benzene ring substituents is 1. The van der Waals surface area contributed by atoms with Gasteiger partial charge < -0.3 is 20.7 Å². The molecule has 2 heterocycles. The quantitative estimate of drug-likeness (QED) is 0.110. The molecule has 0 saturated heterocycles. The van der Waals surface area contributed by atoms with Crippen molar-refractivity contribution < 1.29 is 24.0 Å². The number of ether oxygens (including phenoxy) is 1. The molecule has 1 aliphatic rings. The van der Waals surface area contributed by atoms with Gasteiger partial charge >= 0.3 is 5.97 Å². The van der Waals surface area contributed by atoms with Crippen LogP contribution >= 0.6 is 11.3 Å². The lowest BCUT2D eigenvalue weighted by Crippen LogP contribution is -2.50. The molecule has 12 nitrogen and oxygen atoms in total. The number of nitro benzene ring substituents is 1. The predicted octanol–water partition coefficient (Wildman–Crippen LogP) is 2.37. The second-order valence-electron chi connectivity index (χ2n) is 9.11. The Morgan fingerprint density at radius 1 is 1.18 bits per heavy atom. The zero-order chi connectivity index (χ0) is 28.8. The smallest absolute Gasteiger partial charge is 0.312 e. The maximum Gasteiger partial charge on any atom is 0.312 e. The Hall–Kier alpha value is -4.65. The summed E-state index contributed by atoms with van der Waals surface area (Å²) in [5.41, 5.74) is 7.66. The normalized spacial score (nSPS) is 13.2. The van der Waals surface area contributed by atoms with Crippen molar-refractivity contribution in [3.63, 3.8) is 0 Å². The van der Waals surface area contributed by atoms with E-state index in [0.29, 0.717) is 34.7 Å². The molecule has 0 fully saturated rings. The number of rotatable bonds is 10. The van der Waals surface area contributed by atoms with Crippen LogP contribution in [0.15, 0.2) is 48.5 Å². The van der Waals surface area contributed by atoms with Crippen LogP contribution in [0.5, 0.6) is 0 Å². The van der Waals surface area contributed by atoms with Crippen LogP contribution in [0.2, 0.25) is 0 Å². The number of nitrogens with zero attached hydrogens (tertiary/aromatic N) is 3. The Kier molecular flexibility index (Phi) is 8.84. The summed E-state index contributed by atoms with van der Waals surface area (Å²) in [6.07, 6.45) is 0.695. The summed E-state index contributed by atoms with van der Waals surface area (Å²) >= 11 is 1.36. The molecule has 0 spiro atoms. The summed E-state index contributed by atoms with van der Waals surface area (Å²) in [4.78, 5) is 56.3. The molecular formula is C27H28N6O6S. The largest absolute Gasteiger partial charge is 0.466 e. The number of hydrogen-bond acceptors (Lipinski definition) is 9. The van der Waals surface area contributed by atoms with Crippen LogP contribution in [0, 0.1) is 15.5 Å². The van der Waals surface area contributed by atoms with Gasteiger partial charge in [-0.15, -0.1) is 11.3 Å². The van der Waals surface area contributed by atoms with E-state index in [9.17, 15) is 24.5 Å². The molecule has 4 rings (SSSR count). The highest BCUT2D eigenvalue weighted by Gasteiger charge is 2.31. The number of amides is 2. The van der Waals surface area contributed by atoms with E-state index >= 15 is 0 Å². The summed E-state index contributed by atoms with van der Waals surface area (Å²) in [6, 6.07) is 11.0. The summed E-state index contributed by atoms with van der Waals surface area (Å²) in [6.45, 7) is 2.69. The number of carbonyl (C=O) groups excluding carboxylic acids is 3. The van der Waals surface area contributed by atoms with Crippen molar-refractivity contribution in [2.24, 2.45) is 5.73 Å². The SMILES string of the molecule is CCOC(=O)Cc1nc2c(s1)CN(C(=O)[C@H](Cc1ccc([N+](=O)[O-])cc1)NC(=O)c1ccc(C(=N)N)cc1)CC2. The third-order valence-electron chi connectivity index (χ3n) is 6.34. The number of nitrogens with two attached hydrogens (primary N) is 1. The van der Waals surface area contributed by atoms with E-state index < -0.39 is 16.9 Å². The summed E-state index contributed by atoms with van der Waals surface area (Å²) < 4.78 is 5.01. The number of benzene rings is 2. The second-order valence-corrected chi connectivity index (χ2v) is 10.3. The molecule has 40 heavy (non-hydrogen) atoms.